The summed E-state index contributed by atoms with van der Waals surface area (Å²) in [5, 5.41) is 2.63. The molecular weight excluding hydrogens is 238 g/mol. The van der Waals surface area contributed by atoms with Crippen LogP contribution in [0.3, 0.4) is 0 Å². The van der Waals surface area contributed by atoms with Gasteiger partial charge in [0.25, 0.3) is 0 Å². The minimum absolute atomic E-state index is 0. The van der Waals surface area contributed by atoms with Crippen molar-refractivity contribution in [2.45, 2.75) is 25.8 Å². The van der Waals surface area contributed by atoms with Gasteiger partial charge in [0.05, 0.1) is 7.11 Å². The summed E-state index contributed by atoms with van der Waals surface area (Å²) in [7, 11) is 1.33. The van der Waals surface area contributed by atoms with Crippen LogP contribution in [0.15, 0.2) is 0 Å². The van der Waals surface area contributed by atoms with E-state index in [1.807, 2.05) is 6.26 Å². The number of hydrogen-bond acceptors (Lipinski definition) is 4. The molecule has 0 aromatic rings. The number of halogens is 1. The molecule has 0 rings (SSSR count). The van der Waals surface area contributed by atoms with Gasteiger partial charge in [0, 0.05) is 6.42 Å². The first-order valence-electron chi connectivity index (χ1n) is 4.51. The van der Waals surface area contributed by atoms with Gasteiger partial charge in [0.1, 0.15) is 6.04 Å². The van der Waals surface area contributed by atoms with Gasteiger partial charge < -0.3 is 10.1 Å². The maximum absolute atomic E-state index is 11.2. The predicted octanol–water partition coefficient (Wildman–Crippen LogP) is 1.23. The molecule has 0 spiro atoms. The first-order chi connectivity index (χ1) is 6.65. The highest BCUT2D eigenvalue weighted by Gasteiger charge is 2.19. The van der Waals surface area contributed by atoms with Crippen LogP contribution in [0, 0.1) is 0 Å². The largest absolute Gasteiger partial charge is 0.467 e. The maximum Gasteiger partial charge on any atom is 0.328 e. The number of carbonyl (C=O) groups excluding carboxylic acids is 2. The van der Waals surface area contributed by atoms with Crippen molar-refractivity contribution in [3.8, 4) is 0 Å². The first kappa shape index (κ1) is 17.0. The van der Waals surface area contributed by atoms with E-state index in [0.29, 0.717) is 12.8 Å². The highest BCUT2D eigenvalue weighted by Crippen LogP contribution is 2.02. The third kappa shape index (κ3) is 7.50. The van der Waals surface area contributed by atoms with Crippen LogP contribution in [0.4, 0.5) is 0 Å². The lowest BCUT2D eigenvalue weighted by Crippen LogP contribution is -2.41. The highest BCUT2D eigenvalue weighted by atomic mass is 35.5. The van der Waals surface area contributed by atoms with E-state index >= 15 is 0 Å². The Morgan fingerprint density at radius 3 is 2.47 bits per heavy atom. The molecule has 0 bridgehead atoms. The van der Waals surface area contributed by atoms with Crippen LogP contribution in [0.5, 0.6) is 0 Å². The molecule has 0 aromatic heterocycles. The molecule has 6 heteroatoms. The van der Waals surface area contributed by atoms with Gasteiger partial charge in [-0.25, -0.2) is 4.79 Å². The van der Waals surface area contributed by atoms with Gasteiger partial charge in [-0.3, -0.25) is 4.79 Å². The standard InChI is InChI=1S/C9H17NO3S.ClH/c1-4-8(11)10-7(5-6-14-3)9(12)13-2;/h7H,4-6H2,1-3H3,(H,10,11);1H/t7-;/m0./s1. The fourth-order valence-electron chi connectivity index (χ4n) is 0.923. The molecule has 15 heavy (non-hydrogen) atoms. The van der Waals surface area contributed by atoms with Crippen molar-refractivity contribution in [2.24, 2.45) is 0 Å². The average molecular weight is 256 g/mol. The van der Waals surface area contributed by atoms with Crippen molar-refractivity contribution in [3.63, 3.8) is 0 Å². The van der Waals surface area contributed by atoms with E-state index < -0.39 is 6.04 Å². The van der Waals surface area contributed by atoms with Crippen LogP contribution in [0.1, 0.15) is 19.8 Å². The Labute approximate surface area is 101 Å². The van der Waals surface area contributed by atoms with Crippen molar-refractivity contribution in [3.05, 3.63) is 0 Å². The molecule has 0 saturated carbocycles. The maximum atomic E-state index is 11.2. The molecule has 0 aliphatic heterocycles. The van der Waals surface area contributed by atoms with Gasteiger partial charge in [0.2, 0.25) is 5.91 Å². The summed E-state index contributed by atoms with van der Waals surface area (Å²) < 4.78 is 4.59. The molecule has 0 aliphatic rings. The Morgan fingerprint density at radius 1 is 1.47 bits per heavy atom. The van der Waals surface area contributed by atoms with E-state index in [2.05, 4.69) is 10.1 Å². The Morgan fingerprint density at radius 2 is 2.07 bits per heavy atom. The van der Waals surface area contributed by atoms with E-state index in [4.69, 9.17) is 0 Å². The molecule has 1 atom stereocenters. The van der Waals surface area contributed by atoms with Crippen molar-refractivity contribution in [1.82, 2.24) is 5.32 Å². The zero-order valence-corrected chi connectivity index (χ0v) is 10.9. The van der Waals surface area contributed by atoms with Gasteiger partial charge in [-0.2, -0.15) is 11.8 Å². The Hall–Kier alpha value is -0.420. The molecule has 0 radical (unpaired) electrons. The van der Waals surface area contributed by atoms with Crippen LogP contribution in [0.2, 0.25) is 0 Å². The lowest BCUT2D eigenvalue weighted by atomic mass is 10.2. The average Bonchev–Trinajstić information content (AvgIpc) is 2.22. The van der Waals surface area contributed by atoms with Crippen LogP contribution in [0.25, 0.3) is 0 Å². The normalized spacial score (nSPS) is 11.1. The molecule has 1 N–H and O–H groups in total. The molecule has 90 valence electrons. The van der Waals surface area contributed by atoms with Crippen LogP contribution >= 0.6 is 24.2 Å². The van der Waals surface area contributed by atoms with Gasteiger partial charge in [-0.05, 0) is 18.4 Å². The molecule has 0 saturated heterocycles. The quantitative estimate of drug-likeness (QED) is 0.726. The van der Waals surface area contributed by atoms with Crippen LogP contribution in [-0.2, 0) is 14.3 Å². The Balaban J connectivity index is 0. The summed E-state index contributed by atoms with van der Waals surface area (Å²) in [6, 6.07) is -0.500. The zero-order chi connectivity index (χ0) is 11.0. The fraction of sp³-hybridized carbons (Fsp3) is 0.778. The Kier molecular flexibility index (Phi) is 11.5. The van der Waals surface area contributed by atoms with E-state index in [-0.39, 0.29) is 24.3 Å². The van der Waals surface area contributed by atoms with Crippen LogP contribution < -0.4 is 5.32 Å². The second-order valence-electron chi connectivity index (χ2n) is 2.78. The SMILES string of the molecule is CCC(=O)N[C@@H](CCSC)C(=O)OC.Cl. The van der Waals surface area contributed by atoms with E-state index in [1.165, 1.54) is 7.11 Å². The minimum atomic E-state index is -0.500. The summed E-state index contributed by atoms with van der Waals surface area (Å²) in [6.45, 7) is 1.75. The molecule has 4 nitrogen and oxygen atoms in total. The summed E-state index contributed by atoms with van der Waals surface area (Å²) in [4.78, 5) is 22.3. The first-order valence-corrected chi connectivity index (χ1v) is 5.91. The smallest absolute Gasteiger partial charge is 0.328 e. The fourth-order valence-corrected chi connectivity index (χ4v) is 1.39. The Bertz CT molecular complexity index is 202. The summed E-state index contributed by atoms with van der Waals surface area (Å²) >= 11 is 1.63. The van der Waals surface area contributed by atoms with Crippen molar-refractivity contribution < 1.29 is 14.3 Å². The van der Waals surface area contributed by atoms with Gasteiger partial charge in [-0.1, -0.05) is 6.92 Å². The van der Waals surface area contributed by atoms with E-state index in [1.54, 1.807) is 18.7 Å². The number of amides is 1. The minimum Gasteiger partial charge on any atom is -0.467 e. The van der Waals surface area contributed by atoms with E-state index in [9.17, 15) is 9.59 Å². The molecule has 0 fully saturated rings. The monoisotopic (exact) mass is 255 g/mol. The van der Waals surface area contributed by atoms with Crippen molar-refractivity contribution in [1.29, 1.82) is 0 Å². The summed E-state index contributed by atoms with van der Waals surface area (Å²) in [5.41, 5.74) is 0. The predicted molar refractivity (Wildman–Crippen MR) is 64.5 cm³/mol. The topological polar surface area (TPSA) is 55.4 Å². The lowest BCUT2D eigenvalue weighted by molar-refractivity contribution is -0.145. The number of thioether (sulfide) groups is 1. The molecule has 1 amide bonds. The van der Waals surface area contributed by atoms with Gasteiger partial charge in [0.15, 0.2) is 0 Å². The molecule has 0 heterocycles. The highest BCUT2D eigenvalue weighted by molar-refractivity contribution is 7.98. The molecule has 0 aromatic carbocycles. The van der Waals surface area contributed by atoms with Crippen molar-refractivity contribution >= 4 is 36.0 Å². The third-order valence-electron chi connectivity index (χ3n) is 1.75. The summed E-state index contributed by atoms with van der Waals surface area (Å²) in [6.07, 6.45) is 2.95. The number of ether oxygens (including phenoxy) is 1. The van der Waals surface area contributed by atoms with Crippen molar-refractivity contribution in [2.75, 3.05) is 19.1 Å². The number of carbonyl (C=O) groups is 2. The number of esters is 1. The summed E-state index contributed by atoms with van der Waals surface area (Å²) in [5.74, 6) is 0.325. The zero-order valence-electron chi connectivity index (χ0n) is 9.24. The van der Waals surface area contributed by atoms with Gasteiger partial charge >= 0.3 is 5.97 Å². The number of methoxy groups -OCH3 is 1. The van der Waals surface area contributed by atoms with Gasteiger partial charge in [-0.15, -0.1) is 12.4 Å². The third-order valence-corrected chi connectivity index (χ3v) is 2.40. The molecule has 0 aliphatic carbocycles. The lowest BCUT2D eigenvalue weighted by Gasteiger charge is -2.15. The molecule has 0 unspecified atom stereocenters. The van der Waals surface area contributed by atoms with E-state index in [0.717, 1.165) is 5.75 Å². The second-order valence-corrected chi connectivity index (χ2v) is 3.76. The number of rotatable bonds is 6. The number of hydrogen-bond donors (Lipinski definition) is 1. The molecular formula is C9H18ClNO3S. The second kappa shape index (κ2) is 10.1. The van der Waals surface area contributed by atoms with Crippen LogP contribution in [-0.4, -0.2) is 37.0 Å². The number of nitrogens with one attached hydrogen (secondary N) is 1.